The largest absolute Gasteiger partial charge is 0.383 e. The van der Waals surface area contributed by atoms with Crippen molar-refractivity contribution in [2.45, 2.75) is 13.8 Å². The van der Waals surface area contributed by atoms with E-state index in [-0.39, 0.29) is 11.7 Å². The monoisotopic (exact) mass is 308 g/mol. The van der Waals surface area contributed by atoms with E-state index in [9.17, 15) is 4.79 Å². The van der Waals surface area contributed by atoms with Crippen molar-refractivity contribution >= 4 is 33.3 Å². The fraction of sp³-hybridized carbons (Fsp3) is 0.167. The summed E-state index contributed by atoms with van der Waals surface area (Å²) < 4.78 is 0.843. The lowest BCUT2D eigenvalue weighted by Gasteiger charge is -2.11. The second kappa shape index (κ2) is 4.81. The molecule has 1 aromatic heterocycles. The lowest BCUT2D eigenvalue weighted by Crippen LogP contribution is -2.14. The van der Waals surface area contributed by atoms with Gasteiger partial charge in [-0.2, -0.15) is 5.10 Å². The number of amides is 1. The normalized spacial score (nSPS) is 10.4. The van der Waals surface area contributed by atoms with E-state index in [1.807, 2.05) is 26.0 Å². The van der Waals surface area contributed by atoms with E-state index in [1.54, 1.807) is 0 Å². The first kappa shape index (κ1) is 12.6. The van der Waals surface area contributed by atoms with Gasteiger partial charge in [0.05, 0.1) is 11.9 Å². The van der Waals surface area contributed by atoms with E-state index in [0.29, 0.717) is 5.56 Å². The molecule has 0 atom stereocenters. The third-order valence-corrected chi connectivity index (χ3v) is 3.21. The quantitative estimate of drug-likeness (QED) is 0.797. The third kappa shape index (κ3) is 2.38. The molecule has 6 heteroatoms. The minimum absolute atomic E-state index is 0.258. The smallest absolute Gasteiger partial charge is 0.261 e. The number of hydrogen-bond donors (Lipinski definition) is 3. The molecule has 0 saturated carbocycles. The second-order valence-electron chi connectivity index (χ2n) is 4.09. The SMILES string of the molecule is Cc1cc(C)c(NC(=O)c2cn[nH]c2N)c(Br)c1. The van der Waals surface area contributed by atoms with Crippen LogP contribution in [0.2, 0.25) is 0 Å². The fourth-order valence-corrected chi connectivity index (χ4v) is 2.50. The number of aromatic amines is 1. The molecular weight excluding hydrogens is 296 g/mol. The summed E-state index contributed by atoms with van der Waals surface area (Å²) in [4.78, 5) is 12.0. The Hall–Kier alpha value is -1.82. The molecule has 2 aromatic rings. The van der Waals surface area contributed by atoms with Crippen LogP contribution in [0.1, 0.15) is 21.5 Å². The van der Waals surface area contributed by atoms with Gasteiger partial charge in [0, 0.05) is 4.47 Å². The Labute approximate surface area is 113 Å². The third-order valence-electron chi connectivity index (χ3n) is 2.58. The summed E-state index contributed by atoms with van der Waals surface area (Å²) in [7, 11) is 0. The average Bonchev–Trinajstić information content (AvgIpc) is 2.69. The molecule has 2 rings (SSSR count). The molecule has 1 amide bonds. The number of H-pyrrole nitrogens is 1. The average molecular weight is 309 g/mol. The molecular formula is C12H13BrN4O. The van der Waals surface area contributed by atoms with Gasteiger partial charge in [-0.05, 0) is 47.0 Å². The molecule has 18 heavy (non-hydrogen) atoms. The molecule has 4 N–H and O–H groups in total. The van der Waals surface area contributed by atoms with E-state index < -0.39 is 0 Å². The Bertz CT molecular complexity index is 583. The standard InChI is InChI=1S/C12H13BrN4O/c1-6-3-7(2)10(9(13)4-6)16-12(18)8-5-15-17-11(8)14/h3-5H,1-2H3,(H,16,18)(H3,14,15,17). The number of benzene rings is 1. The van der Waals surface area contributed by atoms with Crippen LogP contribution in [0.5, 0.6) is 0 Å². The highest BCUT2D eigenvalue weighted by molar-refractivity contribution is 9.10. The van der Waals surface area contributed by atoms with Gasteiger partial charge in [-0.15, -0.1) is 0 Å². The van der Waals surface area contributed by atoms with Crippen molar-refractivity contribution in [3.8, 4) is 0 Å². The number of halogens is 1. The highest BCUT2D eigenvalue weighted by atomic mass is 79.9. The Morgan fingerprint density at radius 2 is 2.17 bits per heavy atom. The number of nitrogen functional groups attached to an aromatic ring is 1. The predicted molar refractivity (Wildman–Crippen MR) is 74.6 cm³/mol. The van der Waals surface area contributed by atoms with Crippen molar-refractivity contribution in [2.24, 2.45) is 0 Å². The molecule has 1 aromatic carbocycles. The van der Waals surface area contributed by atoms with Gasteiger partial charge >= 0.3 is 0 Å². The lowest BCUT2D eigenvalue weighted by atomic mass is 10.1. The van der Waals surface area contributed by atoms with E-state index in [1.165, 1.54) is 6.20 Å². The van der Waals surface area contributed by atoms with Crippen LogP contribution >= 0.6 is 15.9 Å². The van der Waals surface area contributed by atoms with Crippen molar-refractivity contribution in [3.63, 3.8) is 0 Å². The van der Waals surface area contributed by atoms with Gasteiger partial charge in [-0.25, -0.2) is 0 Å². The minimum Gasteiger partial charge on any atom is -0.383 e. The zero-order chi connectivity index (χ0) is 13.3. The molecule has 1 heterocycles. The van der Waals surface area contributed by atoms with Gasteiger partial charge < -0.3 is 11.1 Å². The van der Waals surface area contributed by atoms with Crippen LogP contribution in [0.15, 0.2) is 22.8 Å². The second-order valence-corrected chi connectivity index (χ2v) is 4.94. The van der Waals surface area contributed by atoms with Gasteiger partial charge in [0.1, 0.15) is 11.4 Å². The molecule has 0 fully saturated rings. The summed E-state index contributed by atoms with van der Waals surface area (Å²) >= 11 is 3.44. The van der Waals surface area contributed by atoms with E-state index in [0.717, 1.165) is 21.3 Å². The minimum atomic E-state index is -0.283. The summed E-state index contributed by atoms with van der Waals surface area (Å²) in [5.74, 6) is -0.0257. The molecule has 0 aliphatic rings. The van der Waals surface area contributed by atoms with Crippen LogP contribution < -0.4 is 11.1 Å². The number of rotatable bonds is 2. The summed E-state index contributed by atoms with van der Waals surface area (Å²) in [5, 5.41) is 9.07. The number of nitrogens with two attached hydrogens (primary N) is 1. The van der Waals surface area contributed by atoms with Crippen LogP contribution in [0.4, 0.5) is 11.5 Å². The van der Waals surface area contributed by atoms with Crippen LogP contribution in [-0.4, -0.2) is 16.1 Å². The summed E-state index contributed by atoms with van der Waals surface area (Å²) in [5.41, 5.74) is 8.79. The zero-order valence-corrected chi connectivity index (χ0v) is 11.6. The topological polar surface area (TPSA) is 83.8 Å². The van der Waals surface area contributed by atoms with Gasteiger partial charge in [0.2, 0.25) is 0 Å². The Kier molecular flexibility index (Phi) is 3.38. The number of nitrogens with one attached hydrogen (secondary N) is 2. The molecule has 5 nitrogen and oxygen atoms in total. The van der Waals surface area contributed by atoms with Crippen LogP contribution in [0, 0.1) is 13.8 Å². The maximum Gasteiger partial charge on any atom is 0.261 e. The highest BCUT2D eigenvalue weighted by Crippen LogP contribution is 2.28. The van der Waals surface area contributed by atoms with Crippen LogP contribution in [0.3, 0.4) is 0 Å². The first-order chi connectivity index (χ1) is 8.49. The molecule has 0 saturated heterocycles. The summed E-state index contributed by atoms with van der Waals surface area (Å²) in [6.45, 7) is 3.93. The number of nitrogens with zero attached hydrogens (tertiary/aromatic N) is 1. The Morgan fingerprint density at radius 1 is 1.44 bits per heavy atom. The molecule has 0 aliphatic heterocycles. The molecule has 0 spiro atoms. The van der Waals surface area contributed by atoms with Gasteiger partial charge in [0.25, 0.3) is 5.91 Å². The lowest BCUT2D eigenvalue weighted by molar-refractivity contribution is 0.102. The molecule has 0 aliphatic carbocycles. The Balaban J connectivity index is 2.31. The molecule has 0 unspecified atom stereocenters. The molecule has 94 valence electrons. The first-order valence-corrected chi connectivity index (χ1v) is 6.15. The number of aromatic nitrogens is 2. The molecule has 0 radical (unpaired) electrons. The number of aryl methyl sites for hydroxylation is 2. The van der Waals surface area contributed by atoms with E-state index in [2.05, 4.69) is 31.4 Å². The van der Waals surface area contributed by atoms with Crippen molar-refractivity contribution in [3.05, 3.63) is 39.5 Å². The number of carbonyl (C=O) groups is 1. The summed E-state index contributed by atoms with van der Waals surface area (Å²) in [6.07, 6.45) is 1.40. The number of hydrogen-bond acceptors (Lipinski definition) is 3. The van der Waals surface area contributed by atoms with Crippen LogP contribution in [0.25, 0.3) is 0 Å². The first-order valence-electron chi connectivity index (χ1n) is 5.36. The van der Waals surface area contributed by atoms with Gasteiger partial charge in [-0.1, -0.05) is 6.07 Å². The van der Waals surface area contributed by atoms with E-state index in [4.69, 9.17) is 5.73 Å². The number of carbonyl (C=O) groups excluding carboxylic acids is 1. The van der Waals surface area contributed by atoms with Crippen molar-refractivity contribution in [2.75, 3.05) is 11.1 Å². The maximum absolute atomic E-state index is 12.0. The highest BCUT2D eigenvalue weighted by Gasteiger charge is 2.14. The summed E-state index contributed by atoms with van der Waals surface area (Å²) in [6, 6.07) is 3.94. The number of anilines is 2. The van der Waals surface area contributed by atoms with Crippen molar-refractivity contribution < 1.29 is 4.79 Å². The van der Waals surface area contributed by atoms with Gasteiger partial charge in [-0.3, -0.25) is 9.89 Å². The predicted octanol–water partition coefficient (Wildman–Crippen LogP) is 2.62. The zero-order valence-electron chi connectivity index (χ0n) is 10.0. The Morgan fingerprint density at radius 3 is 2.72 bits per heavy atom. The molecule has 0 bridgehead atoms. The van der Waals surface area contributed by atoms with Crippen LogP contribution in [-0.2, 0) is 0 Å². The van der Waals surface area contributed by atoms with E-state index >= 15 is 0 Å². The fourth-order valence-electron chi connectivity index (χ4n) is 1.73. The van der Waals surface area contributed by atoms with Crippen molar-refractivity contribution in [1.29, 1.82) is 0 Å². The van der Waals surface area contributed by atoms with Crippen molar-refractivity contribution in [1.82, 2.24) is 10.2 Å². The maximum atomic E-state index is 12.0. The van der Waals surface area contributed by atoms with Gasteiger partial charge in [0.15, 0.2) is 0 Å².